The molecule has 0 spiro atoms. The van der Waals surface area contributed by atoms with Gasteiger partial charge in [-0.1, -0.05) is 12.1 Å². The van der Waals surface area contributed by atoms with Gasteiger partial charge in [-0.2, -0.15) is 0 Å². The molecular formula is C16H19FN6S. The second kappa shape index (κ2) is 8.30. The Kier molecular flexibility index (Phi) is 6.14. The molecule has 0 atom stereocenters. The van der Waals surface area contributed by atoms with E-state index in [9.17, 15) is 4.39 Å². The van der Waals surface area contributed by atoms with Crippen molar-refractivity contribution in [2.75, 3.05) is 12.4 Å². The predicted octanol–water partition coefficient (Wildman–Crippen LogP) is 2.29. The van der Waals surface area contributed by atoms with E-state index >= 15 is 0 Å². The van der Waals surface area contributed by atoms with Gasteiger partial charge in [0.1, 0.15) is 5.82 Å². The molecule has 6 nitrogen and oxygen atoms in total. The molecule has 0 saturated carbocycles. The first kappa shape index (κ1) is 17.7. The van der Waals surface area contributed by atoms with Crippen LogP contribution in [0.4, 0.5) is 10.3 Å². The van der Waals surface area contributed by atoms with Crippen LogP contribution in [0.25, 0.3) is 0 Å². The first-order valence-corrected chi connectivity index (χ1v) is 7.74. The number of hydrogen-bond acceptors (Lipinski definition) is 4. The van der Waals surface area contributed by atoms with Crippen molar-refractivity contribution in [2.45, 2.75) is 20.4 Å². The van der Waals surface area contributed by atoms with Gasteiger partial charge in [0.2, 0.25) is 11.9 Å². The van der Waals surface area contributed by atoms with Crippen LogP contribution in [-0.2, 0) is 6.54 Å². The van der Waals surface area contributed by atoms with E-state index in [1.165, 1.54) is 12.1 Å². The highest BCUT2D eigenvalue weighted by atomic mass is 32.1. The number of guanidine groups is 1. The summed E-state index contributed by atoms with van der Waals surface area (Å²) in [6.07, 6.45) is 0. The third-order valence-electron chi connectivity index (χ3n) is 3.00. The summed E-state index contributed by atoms with van der Waals surface area (Å²) in [5, 5.41) is 9.19. The zero-order valence-corrected chi connectivity index (χ0v) is 14.5. The van der Waals surface area contributed by atoms with Gasteiger partial charge in [0.05, 0.1) is 6.54 Å². The number of aliphatic imine (C=N–C) groups is 1. The Morgan fingerprint density at radius 2 is 1.79 bits per heavy atom. The zero-order chi connectivity index (χ0) is 17.5. The average molecular weight is 346 g/mol. The third-order valence-corrected chi connectivity index (χ3v) is 3.31. The normalized spacial score (nSPS) is 11.1. The van der Waals surface area contributed by atoms with E-state index in [0.29, 0.717) is 23.6 Å². The van der Waals surface area contributed by atoms with Crippen molar-refractivity contribution < 1.29 is 4.39 Å². The molecule has 8 heteroatoms. The first-order valence-electron chi connectivity index (χ1n) is 7.33. The molecule has 0 amide bonds. The van der Waals surface area contributed by atoms with Crippen molar-refractivity contribution in [3.05, 3.63) is 53.1 Å². The smallest absolute Gasteiger partial charge is 0.229 e. The highest BCUT2D eigenvalue weighted by Crippen LogP contribution is 2.06. The lowest BCUT2D eigenvalue weighted by Gasteiger charge is -2.12. The second-order valence-corrected chi connectivity index (χ2v) is 5.50. The summed E-state index contributed by atoms with van der Waals surface area (Å²) in [5.41, 5.74) is 2.56. The van der Waals surface area contributed by atoms with Gasteiger partial charge in [-0.25, -0.2) is 19.4 Å². The fraction of sp³-hybridized carbons (Fsp3) is 0.250. The lowest BCUT2D eigenvalue weighted by atomic mass is 10.2. The highest BCUT2D eigenvalue weighted by Gasteiger charge is 2.06. The molecular weight excluding hydrogens is 327 g/mol. The maximum atomic E-state index is 13.0. The molecule has 0 aliphatic heterocycles. The van der Waals surface area contributed by atoms with Gasteiger partial charge in [-0.15, -0.1) is 0 Å². The van der Waals surface area contributed by atoms with Crippen molar-refractivity contribution in [3.8, 4) is 0 Å². The van der Waals surface area contributed by atoms with Crippen LogP contribution in [0.5, 0.6) is 0 Å². The maximum absolute atomic E-state index is 13.0. The molecule has 1 aromatic heterocycles. The lowest BCUT2D eigenvalue weighted by molar-refractivity contribution is 0.627. The van der Waals surface area contributed by atoms with Crippen LogP contribution in [0.3, 0.4) is 0 Å². The summed E-state index contributed by atoms with van der Waals surface area (Å²) >= 11 is 5.11. The molecule has 0 unspecified atom stereocenters. The number of anilines is 1. The molecule has 0 aliphatic carbocycles. The first-order chi connectivity index (χ1) is 11.5. The molecule has 2 rings (SSSR count). The number of nitrogens with zero attached hydrogens (tertiary/aromatic N) is 3. The van der Waals surface area contributed by atoms with Gasteiger partial charge >= 0.3 is 0 Å². The number of nitrogens with one attached hydrogen (secondary N) is 3. The summed E-state index contributed by atoms with van der Waals surface area (Å²) in [6, 6.07) is 8.04. The molecule has 1 heterocycles. The van der Waals surface area contributed by atoms with E-state index in [1.54, 1.807) is 19.2 Å². The molecule has 0 bridgehead atoms. The van der Waals surface area contributed by atoms with Crippen LogP contribution in [0.15, 0.2) is 35.3 Å². The molecule has 1 aromatic carbocycles. The van der Waals surface area contributed by atoms with E-state index in [-0.39, 0.29) is 5.82 Å². The van der Waals surface area contributed by atoms with Crippen LogP contribution in [-0.4, -0.2) is 28.1 Å². The second-order valence-electron chi connectivity index (χ2n) is 5.09. The van der Waals surface area contributed by atoms with Crippen LogP contribution in [0.1, 0.15) is 17.0 Å². The number of rotatable bonds is 3. The van der Waals surface area contributed by atoms with Crippen molar-refractivity contribution in [2.24, 2.45) is 4.99 Å². The Hall–Kier alpha value is -2.61. The maximum Gasteiger partial charge on any atom is 0.229 e. The van der Waals surface area contributed by atoms with E-state index in [4.69, 9.17) is 12.2 Å². The Balaban J connectivity index is 2.18. The molecule has 126 valence electrons. The van der Waals surface area contributed by atoms with Gasteiger partial charge in [-0.3, -0.25) is 5.32 Å². The van der Waals surface area contributed by atoms with Crippen LogP contribution in [0, 0.1) is 19.7 Å². The van der Waals surface area contributed by atoms with Gasteiger partial charge in [0.15, 0.2) is 5.11 Å². The van der Waals surface area contributed by atoms with E-state index in [1.807, 2.05) is 19.9 Å². The fourth-order valence-corrected chi connectivity index (χ4v) is 2.02. The topological polar surface area (TPSA) is 74.2 Å². The minimum Gasteiger partial charge on any atom is -0.365 e. The quantitative estimate of drug-likeness (QED) is 0.450. The third kappa shape index (κ3) is 5.54. The largest absolute Gasteiger partial charge is 0.365 e. The van der Waals surface area contributed by atoms with Crippen molar-refractivity contribution in [3.63, 3.8) is 0 Å². The van der Waals surface area contributed by atoms with Gasteiger partial charge < -0.3 is 10.6 Å². The number of aryl methyl sites for hydroxylation is 2. The number of thiocarbonyl (C=S) groups is 1. The average Bonchev–Trinajstić information content (AvgIpc) is 2.53. The molecule has 24 heavy (non-hydrogen) atoms. The summed E-state index contributed by atoms with van der Waals surface area (Å²) in [6.45, 7) is 4.13. The summed E-state index contributed by atoms with van der Waals surface area (Å²) in [5.74, 6) is 0.555. The van der Waals surface area contributed by atoms with Crippen LogP contribution in [0.2, 0.25) is 0 Å². The SMILES string of the molecule is CNC(=S)NC(=NCc1ccc(F)cc1)Nc1nc(C)cc(C)n1. The molecule has 0 aliphatic rings. The monoisotopic (exact) mass is 346 g/mol. The number of aromatic nitrogens is 2. The minimum atomic E-state index is -0.279. The van der Waals surface area contributed by atoms with Crippen molar-refractivity contribution >= 4 is 29.2 Å². The minimum absolute atomic E-state index is 0.279. The molecule has 3 N–H and O–H groups in total. The Morgan fingerprint density at radius 3 is 2.38 bits per heavy atom. The van der Waals surface area contributed by atoms with Crippen LogP contribution >= 0.6 is 12.2 Å². The standard InChI is InChI=1S/C16H19FN6S/c1-10-8-11(2)21-15(20-10)22-14(23-16(24)18-3)19-9-12-4-6-13(17)7-5-12/h4-8H,9H2,1-3H3,(H3,18,19,20,21,22,23,24). The molecule has 0 saturated heterocycles. The van der Waals surface area contributed by atoms with Gasteiger partial charge in [0.25, 0.3) is 0 Å². The number of halogens is 1. The van der Waals surface area contributed by atoms with Crippen molar-refractivity contribution in [1.82, 2.24) is 20.6 Å². The molecule has 2 aromatic rings. The van der Waals surface area contributed by atoms with E-state index in [2.05, 4.69) is 30.9 Å². The summed E-state index contributed by atoms with van der Waals surface area (Å²) in [7, 11) is 1.71. The zero-order valence-electron chi connectivity index (χ0n) is 13.7. The Morgan fingerprint density at radius 1 is 1.17 bits per heavy atom. The van der Waals surface area contributed by atoms with Gasteiger partial charge in [-0.05, 0) is 49.8 Å². The van der Waals surface area contributed by atoms with Crippen molar-refractivity contribution in [1.29, 1.82) is 0 Å². The van der Waals surface area contributed by atoms with E-state index < -0.39 is 0 Å². The fourth-order valence-electron chi connectivity index (χ4n) is 1.93. The lowest BCUT2D eigenvalue weighted by Crippen LogP contribution is -2.41. The Labute approximate surface area is 145 Å². The van der Waals surface area contributed by atoms with Gasteiger partial charge in [0, 0.05) is 18.4 Å². The number of benzene rings is 1. The summed E-state index contributed by atoms with van der Waals surface area (Å²) < 4.78 is 13.0. The van der Waals surface area contributed by atoms with Crippen LogP contribution < -0.4 is 16.0 Å². The number of hydrogen-bond donors (Lipinski definition) is 3. The molecule has 0 radical (unpaired) electrons. The molecule has 0 fully saturated rings. The summed E-state index contributed by atoms with van der Waals surface area (Å²) in [4.78, 5) is 13.1. The van der Waals surface area contributed by atoms with E-state index in [0.717, 1.165) is 17.0 Å². The Bertz CT molecular complexity index is 724. The predicted molar refractivity (Wildman–Crippen MR) is 97.5 cm³/mol. The highest BCUT2D eigenvalue weighted by molar-refractivity contribution is 7.80.